The summed E-state index contributed by atoms with van der Waals surface area (Å²) in [5, 5.41) is 2.74. The Morgan fingerprint density at radius 2 is 1.70 bits per heavy atom. The summed E-state index contributed by atoms with van der Waals surface area (Å²) in [5.41, 5.74) is 0.512. The van der Waals surface area contributed by atoms with Gasteiger partial charge in [0.15, 0.2) is 0 Å². The van der Waals surface area contributed by atoms with Crippen molar-refractivity contribution >= 4 is 17.5 Å². The van der Waals surface area contributed by atoms with E-state index in [0.717, 1.165) is 4.90 Å². The highest BCUT2D eigenvalue weighted by Crippen LogP contribution is 2.27. The number of alkyl halides is 3. The summed E-state index contributed by atoms with van der Waals surface area (Å²) >= 11 is 0. The van der Waals surface area contributed by atoms with Crippen LogP contribution in [-0.4, -0.2) is 60.0 Å². The Morgan fingerprint density at radius 1 is 1.07 bits per heavy atom. The third kappa shape index (κ3) is 4.97. The number of hydrogen-bond acceptors (Lipinski definition) is 3. The van der Waals surface area contributed by atoms with Gasteiger partial charge in [0.1, 0.15) is 12.4 Å². The molecule has 0 spiro atoms. The molecule has 2 aliphatic rings. The number of rotatable bonds is 4. The molecule has 148 valence electrons. The molecule has 1 N–H and O–H groups in total. The lowest BCUT2D eigenvalue weighted by Crippen LogP contribution is -2.48. The maximum atomic E-state index is 12.9. The number of nitrogens with zero attached hydrogens (tertiary/aromatic N) is 2. The van der Waals surface area contributed by atoms with Crippen LogP contribution >= 0.6 is 0 Å². The zero-order valence-electron chi connectivity index (χ0n) is 14.6. The molecule has 2 amide bonds. The van der Waals surface area contributed by atoms with Crippen molar-refractivity contribution in [2.45, 2.75) is 31.5 Å². The van der Waals surface area contributed by atoms with Gasteiger partial charge in [-0.3, -0.25) is 14.5 Å². The van der Waals surface area contributed by atoms with Crippen LogP contribution in [0.3, 0.4) is 0 Å². The van der Waals surface area contributed by atoms with Crippen LogP contribution in [0.2, 0.25) is 0 Å². The molecule has 3 rings (SSSR count). The number of likely N-dealkylation sites (tertiary alicyclic amines) is 2. The van der Waals surface area contributed by atoms with Crippen LogP contribution in [0.1, 0.15) is 19.3 Å². The summed E-state index contributed by atoms with van der Waals surface area (Å²) in [6, 6.07) is 4.95. The molecule has 2 saturated heterocycles. The van der Waals surface area contributed by atoms with Crippen molar-refractivity contribution < 1.29 is 27.2 Å². The number of hydrogen-bond donors (Lipinski definition) is 1. The number of halogens is 4. The lowest BCUT2D eigenvalue weighted by molar-refractivity contribution is -0.159. The summed E-state index contributed by atoms with van der Waals surface area (Å²) in [4.78, 5) is 27.3. The van der Waals surface area contributed by atoms with E-state index in [-0.39, 0.29) is 24.2 Å². The molecule has 1 aromatic carbocycles. The molecular formula is C18H21F4N3O2. The fraction of sp³-hybridized carbons (Fsp3) is 0.556. The molecule has 0 radical (unpaired) electrons. The molecule has 2 aliphatic heterocycles. The summed E-state index contributed by atoms with van der Waals surface area (Å²) < 4.78 is 50.5. The van der Waals surface area contributed by atoms with Crippen molar-refractivity contribution in [3.8, 4) is 0 Å². The standard InChI is InChI=1S/C18H21F4N3O2/c19-13-1-3-14(4-2-13)23-16(26)12-5-8-24(9-6-12)15-7-10-25(17(15)27)11-18(20,21)22/h1-4,12,15H,5-11H2,(H,23,26). The fourth-order valence-corrected chi connectivity index (χ4v) is 3.69. The van der Waals surface area contributed by atoms with Crippen LogP contribution in [0.15, 0.2) is 24.3 Å². The number of carbonyl (C=O) groups is 2. The minimum Gasteiger partial charge on any atom is -0.332 e. The second-order valence-electron chi connectivity index (χ2n) is 6.99. The van der Waals surface area contributed by atoms with E-state index in [0.29, 0.717) is 38.0 Å². The van der Waals surface area contributed by atoms with Crippen LogP contribution in [0.5, 0.6) is 0 Å². The van der Waals surface area contributed by atoms with E-state index >= 15 is 0 Å². The number of nitrogens with one attached hydrogen (secondary N) is 1. The molecule has 0 saturated carbocycles. The van der Waals surface area contributed by atoms with Crippen molar-refractivity contribution in [3.63, 3.8) is 0 Å². The third-order valence-electron chi connectivity index (χ3n) is 5.09. The second-order valence-corrected chi connectivity index (χ2v) is 6.99. The molecule has 9 heteroatoms. The molecule has 0 aromatic heterocycles. The van der Waals surface area contributed by atoms with Gasteiger partial charge in [-0.1, -0.05) is 0 Å². The first-order valence-corrected chi connectivity index (χ1v) is 8.89. The maximum Gasteiger partial charge on any atom is 0.406 e. The molecule has 27 heavy (non-hydrogen) atoms. The average molecular weight is 387 g/mol. The van der Waals surface area contributed by atoms with E-state index in [1.54, 1.807) is 0 Å². The molecular weight excluding hydrogens is 366 g/mol. The Labute approximate surface area is 154 Å². The normalized spacial score (nSPS) is 22.3. The smallest absolute Gasteiger partial charge is 0.332 e. The molecule has 1 unspecified atom stereocenters. The molecule has 5 nitrogen and oxygen atoms in total. The molecule has 0 bridgehead atoms. The van der Waals surface area contributed by atoms with Gasteiger partial charge in [-0.15, -0.1) is 0 Å². The number of amides is 2. The monoisotopic (exact) mass is 387 g/mol. The van der Waals surface area contributed by atoms with Gasteiger partial charge in [0.05, 0.1) is 6.04 Å². The highest BCUT2D eigenvalue weighted by molar-refractivity contribution is 5.92. The zero-order valence-corrected chi connectivity index (χ0v) is 14.6. The fourth-order valence-electron chi connectivity index (χ4n) is 3.69. The predicted octanol–water partition coefficient (Wildman–Crippen LogP) is 2.64. The highest BCUT2D eigenvalue weighted by Gasteiger charge is 2.42. The molecule has 1 atom stereocenters. The van der Waals surface area contributed by atoms with Crippen LogP contribution in [0, 0.1) is 11.7 Å². The van der Waals surface area contributed by atoms with Gasteiger partial charge in [0.2, 0.25) is 11.8 Å². The van der Waals surface area contributed by atoms with E-state index < -0.39 is 24.7 Å². The number of benzene rings is 1. The summed E-state index contributed by atoms with van der Waals surface area (Å²) in [5.74, 6) is -1.28. The highest BCUT2D eigenvalue weighted by atomic mass is 19.4. The Morgan fingerprint density at radius 3 is 2.30 bits per heavy atom. The van der Waals surface area contributed by atoms with E-state index in [1.807, 2.05) is 4.90 Å². The topological polar surface area (TPSA) is 52.7 Å². The van der Waals surface area contributed by atoms with Gasteiger partial charge in [0, 0.05) is 18.2 Å². The van der Waals surface area contributed by atoms with Crippen LogP contribution in [0.25, 0.3) is 0 Å². The summed E-state index contributed by atoms with van der Waals surface area (Å²) in [7, 11) is 0. The van der Waals surface area contributed by atoms with Crippen molar-refractivity contribution in [3.05, 3.63) is 30.1 Å². The summed E-state index contributed by atoms with van der Waals surface area (Å²) in [6.07, 6.45) is -2.97. The second kappa shape index (κ2) is 7.84. The van der Waals surface area contributed by atoms with Gasteiger partial charge in [0.25, 0.3) is 0 Å². The first kappa shape index (κ1) is 19.6. The Balaban J connectivity index is 1.49. The minimum atomic E-state index is -4.39. The Kier molecular flexibility index (Phi) is 5.69. The van der Waals surface area contributed by atoms with Crippen molar-refractivity contribution in [2.75, 3.05) is 31.5 Å². The largest absolute Gasteiger partial charge is 0.406 e. The first-order chi connectivity index (χ1) is 12.7. The number of carbonyl (C=O) groups excluding carboxylic acids is 2. The zero-order chi connectivity index (χ0) is 19.6. The lowest BCUT2D eigenvalue weighted by atomic mass is 9.94. The average Bonchev–Trinajstić information content (AvgIpc) is 2.96. The van der Waals surface area contributed by atoms with E-state index in [9.17, 15) is 27.2 Å². The van der Waals surface area contributed by atoms with E-state index in [2.05, 4.69) is 5.32 Å². The van der Waals surface area contributed by atoms with Crippen LogP contribution < -0.4 is 5.32 Å². The van der Waals surface area contributed by atoms with Gasteiger partial charge in [-0.25, -0.2) is 4.39 Å². The Hall–Kier alpha value is -2.16. The summed E-state index contributed by atoms with van der Waals surface area (Å²) in [6.45, 7) is -0.137. The SMILES string of the molecule is O=C(Nc1ccc(F)cc1)C1CCN(C2CCN(CC(F)(F)F)C2=O)CC1. The molecule has 1 aromatic rings. The first-order valence-electron chi connectivity index (χ1n) is 8.89. The minimum absolute atomic E-state index is 0.105. The molecule has 2 heterocycles. The quantitative estimate of drug-likeness (QED) is 0.809. The van der Waals surface area contributed by atoms with E-state index in [1.165, 1.54) is 24.3 Å². The number of anilines is 1. The molecule has 2 fully saturated rings. The Bertz CT molecular complexity index is 685. The van der Waals surface area contributed by atoms with Gasteiger partial charge >= 0.3 is 6.18 Å². The van der Waals surface area contributed by atoms with E-state index in [4.69, 9.17) is 0 Å². The van der Waals surface area contributed by atoms with Gasteiger partial charge < -0.3 is 10.2 Å². The number of piperidine rings is 1. The van der Waals surface area contributed by atoms with Crippen molar-refractivity contribution in [2.24, 2.45) is 5.92 Å². The maximum absolute atomic E-state index is 12.9. The third-order valence-corrected chi connectivity index (χ3v) is 5.09. The van der Waals surface area contributed by atoms with Crippen LogP contribution in [-0.2, 0) is 9.59 Å². The van der Waals surface area contributed by atoms with Gasteiger partial charge in [-0.2, -0.15) is 13.2 Å². The van der Waals surface area contributed by atoms with Gasteiger partial charge in [-0.05, 0) is 56.6 Å². The predicted molar refractivity (Wildman–Crippen MR) is 90.4 cm³/mol. The van der Waals surface area contributed by atoms with Crippen molar-refractivity contribution in [1.29, 1.82) is 0 Å². The van der Waals surface area contributed by atoms with Crippen molar-refractivity contribution in [1.82, 2.24) is 9.80 Å². The molecule has 0 aliphatic carbocycles. The lowest BCUT2D eigenvalue weighted by Gasteiger charge is -2.34. The van der Waals surface area contributed by atoms with Crippen LogP contribution in [0.4, 0.5) is 23.2 Å².